The summed E-state index contributed by atoms with van der Waals surface area (Å²) in [7, 11) is 0. The van der Waals surface area contributed by atoms with Gasteiger partial charge < -0.3 is 25.2 Å². The number of rotatable bonds is 8. The van der Waals surface area contributed by atoms with Crippen molar-refractivity contribution in [1.82, 2.24) is 0 Å². The van der Waals surface area contributed by atoms with E-state index < -0.39 is 54.2 Å². The van der Waals surface area contributed by atoms with Crippen molar-refractivity contribution in [3.63, 3.8) is 0 Å². The number of carboxylic acid groups (broad SMARTS) is 1. The van der Waals surface area contributed by atoms with Crippen LogP contribution in [-0.2, 0) is 9.53 Å². The Balaban J connectivity index is 3.30. The topological polar surface area (TPSA) is 107 Å². The molecule has 1 aliphatic rings. The van der Waals surface area contributed by atoms with Crippen LogP contribution in [0.15, 0.2) is 0 Å². The highest BCUT2D eigenvalue weighted by atomic mass is 16.6. The maximum absolute atomic E-state index is 12.4. The molecule has 0 radical (unpaired) electrons. The number of carboxylic acids is 1. The Hall–Kier alpha value is -0.690. The normalized spacial score (nSPS) is 32.6. The summed E-state index contributed by atoms with van der Waals surface area (Å²) in [5.41, 5.74) is -2.06. The molecule has 0 amide bonds. The fourth-order valence-electron chi connectivity index (χ4n) is 5.51. The van der Waals surface area contributed by atoms with Crippen molar-refractivity contribution in [2.75, 3.05) is 0 Å². The van der Waals surface area contributed by atoms with Crippen molar-refractivity contribution >= 4 is 5.97 Å². The van der Waals surface area contributed by atoms with Gasteiger partial charge in [-0.15, -0.1) is 0 Å². The Morgan fingerprint density at radius 3 is 2.19 bits per heavy atom. The van der Waals surface area contributed by atoms with Crippen LogP contribution in [0.5, 0.6) is 0 Å². The molecule has 0 spiro atoms. The summed E-state index contributed by atoms with van der Waals surface area (Å²) in [6, 6.07) is 0. The first kappa shape index (κ1) is 22.6. The van der Waals surface area contributed by atoms with Gasteiger partial charge in [0.25, 0.3) is 0 Å². The predicted molar refractivity (Wildman–Crippen MR) is 104 cm³/mol. The Morgan fingerprint density at radius 2 is 1.78 bits per heavy atom. The third-order valence-corrected chi connectivity index (χ3v) is 6.23. The molecule has 0 aromatic rings. The van der Waals surface area contributed by atoms with Gasteiger partial charge in [-0.25, -0.2) is 4.79 Å². The van der Waals surface area contributed by atoms with Gasteiger partial charge >= 0.3 is 5.97 Å². The summed E-state index contributed by atoms with van der Waals surface area (Å²) in [6.45, 7) is 13.8. The molecular formula is C21H40O6. The summed E-state index contributed by atoms with van der Waals surface area (Å²) in [4.78, 5) is 12.4. The van der Waals surface area contributed by atoms with Crippen molar-refractivity contribution in [2.45, 2.75) is 98.2 Å². The van der Waals surface area contributed by atoms with Gasteiger partial charge in [0.15, 0.2) is 5.60 Å². The zero-order valence-electron chi connectivity index (χ0n) is 18.8. The summed E-state index contributed by atoms with van der Waals surface area (Å²) in [6.07, 6.45) is -4.75. The van der Waals surface area contributed by atoms with Crippen LogP contribution < -0.4 is 0 Å². The number of hydrogen-bond donors (Lipinski definition) is 4. The van der Waals surface area contributed by atoms with Crippen LogP contribution in [0.2, 0.25) is 0 Å². The van der Waals surface area contributed by atoms with Gasteiger partial charge in [0.1, 0.15) is 6.10 Å². The fourth-order valence-corrected chi connectivity index (χ4v) is 5.51. The van der Waals surface area contributed by atoms with Gasteiger partial charge in [-0.2, -0.15) is 0 Å². The van der Waals surface area contributed by atoms with E-state index in [1.54, 1.807) is 6.92 Å². The van der Waals surface area contributed by atoms with E-state index in [1.165, 1.54) is 0 Å². The molecule has 1 fully saturated rings. The first-order valence-corrected chi connectivity index (χ1v) is 9.94. The van der Waals surface area contributed by atoms with Gasteiger partial charge in [0.05, 0.1) is 18.3 Å². The molecule has 27 heavy (non-hydrogen) atoms. The van der Waals surface area contributed by atoms with Crippen molar-refractivity contribution in [3.05, 3.63) is 0 Å². The molecule has 6 heteroatoms. The Bertz CT molecular complexity index is 515. The Kier molecular flexibility index (Phi) is 7.34. The molecule has 1 saturated heterocycles. The lowest BCUT2D eigenvalue weighted by atomic mass is 9.62. The summed E-state index contributed by atoms with van der Waals surface area (Å²) in [5.74, 6) is -0.834. The maximum atomic E-state index is 12.4. The zero-order valence-corrected chi connectivity index (χ0v) is 17.8. The molecule has 1 heterocycles. The van der Waals surface area contributed by atoms with E-state index in [0.29, 0.717) is 11.8 Å². The lowest BCUT2D eigenvalue weighted by molar-refractivity contribution is -0.244. The maximum Gasteiger partial charge on any atom is 0.336 e. The summed E-state index contributed by atoms with van der Waals surface area (Å²) in [5, 5.41) is 41.0. The monoisotopic (exact) mass is 389 g/mol. The van der Waals surface area contributed by atoms with E-state index in [1.807, 2.05) is 13.8 Å². The van der Waals surface area contributed by atoms with E-state index >= 15 is 0 Å². The number of carbonyl (C=O) groups is 1. The van der Waals surface area contributed by atoms with Gasteiger partial charge in [-0.3, -0.25) is 0 Å². The first-order chi connectivity index (χ1) is 12.7. The van der Waals surface area contributed by atoms with E-state index in [2.05, 4.69) is 27.7 Å². The van der Waals surface area contributed by atoms with E-state index in [9.17, 15) is 25.2 Å². The van der Waals surface area contributed by atoms with E-state index in [0.717, 1.165) is 0 Å². The minimum absolute atomic E-state index is 0.0734. The highest BCUT2D eigenvalue weighted by Crippen LogP contribution is 2.48. The first-order valence-electron chi connectivity index (χ1n) is 10.7. The van der Waals surface area contributed by atoms with Gasteiger partial charge in [0, 0.05) is 13.7 Å². The second-order valence-electron chi connectivity index (χ2n) is 9.75. The predicted octanol–water partition coefficient (Wildman–Crippen LogP) is 2.68. The molecule has 0 saturated carbocycles. The molecule has 1 rings (SSSR count). The third kappa shape index (κ3) is 5.22. The highest BCUT2D eigenvalue weighted by molar-refractivity contribution is 5.78. The summed E-state index contributed by atoms with van der Waals surface area (Å²) < 4.78 is 13.3. The third-order valence-electron chi connectivity index (χ3n) is 6.23. The molecule has 0 aliphatic carbocycles. The highest BCUT2D eigenvalue weighted by Gasteiger charge is 2.55. The molecule has 4 N–H and O–H groups in total. The molecule has 160 valence electrons. The summed E-state index contributed by atoms with van der Waals surface area (Å²) >= 11 is 0. The van der Waals surface area contributed by atoms with Crippen LogP contribution in [0.25, 0.3) is 0 Å². The SMILES string of the molecule is [2H]CC(O)C(O)C1OC(CC(C)(C)C(C(C)C)C(C)C)(C(=O)O)CC(O)C1C. The largest absolute Gasteiger partial charge is 0.479 e. The van der Waals surface area contributed by atoms with Crippen LogP contribution in [0.3, 0.4) is 0 Å². The van der Waals surface area contributed by atoms with E-state index in [-0.39, 0.29) is 18.8 Å². The molecule has 0 bridgehead atoms. The van der Waals surface area contributed by atoms with Gasteiger partial charge in [-0.1, -0.05) is 48.5 Å². The van der Waals surface area contributed by atoms with Crippen LogP contribution in [0.4, 0.5) is 0 Å². The average molecular weight is 390 g/mol. The zero-order chi connectivity index (χ0) is 22.0. The molecule has 0 aromatic carbocycles. The minimum atomic E-state index is -1.66. The lowest BCUT2D eigenvalue weighted by Crippen LogP contribution is -2.61. The number of aliphatic carboxylic acids is 1. The molecule has 6 unspecified atom stereocenters. The molecule has 0 aromatic heterocycles. The van der Waals surface area contributed by atoms with Crippen LogP contribution >= 0.6 is 0 Å². The van der Waals surface area contributed by atoms with Crippen LogP contribution in [0.1, 0.15) is 69.6 Å². The molecular weight excluding hydrogens is 348 g/mol. The minimum Gasteiger partial charge on any atom is -0.479 e. The Morgan fingerprint density at radius 1 is 1.26 bits per heavy atom. The van der Waals surface area contributed by atoms with Gasteiger partial charge in [-0.05, 0) is 36.5 Å². The van der Waals surface area contributed by atoms with Crippen molar-refractivity contribution < 1.29 is 31.3 Å². The van der Waals surface area contributed by atoms with Crippen LogP contribution in [-0.4, -0.2) is 56.4 Å². The standard InChI is InChI=1S/C21H40O6/c1-11(2)16(12(3)4)20(7,8)10-21(19(25)26)9-15(23)13(5)18(27-21)17(24)14(6)22/h11-18,22-24H,9-10H2,1-8H3,(H,25,26)/i6D. The number of aliphatic hydroxyl groups excluding tert-OH is 3. The van der Waals surface area contributed by atoms with Gasteiger partial charge in [0.2, 0.25) is 0 Å². The quantitative estimate of drug-likeness (QED) is 0.508. The second kappa shape index (κ2) is 8.76. The molecule has 6 atom stereocenters. The van der Waals surface area contributed by atoms with E-state index in [4.69, 9.17) is 6.11 Å². The average Bonchev–Trinajstić information content (AvgIpc) is 2.54. The molecule has 1 aliphatic heterocycles. The smallest absolute Gasteiger partial charge is 0.336 e. The number of hydrogen-bond acceptors (Lipinski definition) is 5. The molecule has 6 nitrogen and oxygen atoms in total. The number of ether oxygens (including phenoxy) is 1. The second-order valence-corrected chi connectivity index (χ2v) is 9.75. The number of aliphatic hydroxyl groups is 3. The fraction of sp³-hybridized carbons (Fsp3) is 0.952. The Labute approximate surface area is 165 Å². The lowest BCUT2D eigenvalue weighted by Gasteiger charge is -2.50. The van der Waals surface area contributed by atoms with Crippen molar-refractivity contribution in [3.8, 4) is 0 Å². The van der Waals surface area contributed by atoms with Crippen LogP contribution in [0, 0.1) is 29.1 Å². The van der Waals surface area contributed by atoms with Crippen molar-refractivity contribution in [1.29, 1.82) is 0 Å². The van der Waals surface area contributed by atoms with Crippen molar-refractivity contribution in [2.24, 2.45) is 29.1 Å².